The van der Waals surface area contributed by atoms with E-state index in [2.05, 4.69) is 26.2 Å². The Balaban J connectivity index is 1.90. The van der Waals surface area contributed by atoms with Crippen LogP contribution in [-0.2, 0) is 0 Å². The molecule has 6 heteroatoms. The Morgan fingerprint density at radius 3 is 2.71 bits per heavy atom. The molecule has 1 amide bonds. The van der Waals surface area contributed by atoms with Gasteiger partial charge in [0, 0.05) is 16.9 Å². The van der Waals surface area contributed by atoms with Crippen LogP contribution in [0.5, 0.6) is 0 Å². The van der Waals surface area contributed by atoms with E-state index < -0.39 is 5.91 Å². The predicted molar refractivity (Wildman–Crippen MR) is 96.1 cm³/mol. The third-order valence-electron chi connectivity index (χ3n) is 3.84. The minimum atomic E-state index is -0.416. The molecular weight excluding hydrogens is 370 g/mol. The zero-order valence-corrected chi connectivity index (χ0v) is 14.7. The third kappa shape index (κ3) is 3.23. The number of hydrogen-bond donors (Lipinski definition) is 1. The average molecular weight is 386 g/mol. The van der Waals surface area contributed by atoms with Gasteiger partial charge < -0.3 is 5.32 Å². The molecule has 0 aliphatic heterocycles. The SMILES string of the molecule is CCC(NC(=O)c1cnc2ccccn2c1=O)c1ccc(Br)cc1. The number of nitrogens with one attached hydrogen (secondary N) is 1. The van der Waals surface area contributed by atoms with Crippen LogP contribution in [0.4, 0.5) is 0 Å². The van der Waals surface area contributed by atoms with Gasteiger partial charge in [0.05, 0.1) is 6.04 Å². The lowest BCUT2D eigenvalue weighted by molar-refractivity contribution is 0.0933. The summed E-state index contributed by atoms with van der Waals surface area (Å²) in [6.45, 7) is 1.98. The van der Waals surface area contributed by atoms with Gasteiger partial charge in [0.15, 0.2) is 0 Å². The smallest absolute Gasteiger partial charge is 0.270 e. The molecule has 0 saturated carbocycles. The Morgan fingerprint density at radius 1 is 1.25 bits per heavy atom. The maximum absolute atomic E-state index is 12.5. The molecule has 122 valence electrons. The Labute approximate surface area is 147 Å². The van der Waals surface area contributed by atoms with E-state index in [1.165, 1.54) is 10.6 Å². The van der Waals surface area contributed by atoms with Crippen molar-refractivity contribution < 1.29 is 4.79 Å². The van der Waals surface area contributed by atoms with Gasteiger partial charge in [-0.15, -0.1) is 0 Å². The van der Waals surface area contributed by atoms with E-state index in [0.717, 1.165) is 16.5 Å². The monoisotopic (exact) mass is 385 g/mol. The van der Waals surface area contributed by atoms with Crippen LogP contribution in [0.3, 0.4) is 0 Å². The van der Waals surface area contributed by atoms with Crippen molar-refractivity contribution in [2.75, 3.05) is 0 Å². The van der Waals surface area contributed by atoms with E-state index in [0.29, 0.717) is 5.65 Å². The van der Waals surface area contributed by atoms with Gasteiger partial charge in [0.25, 0.3) is 11.5 Å². The molecule has 0 radical (unpaired) electrons. The lowest BCUT2D eigenvalue weighted by Crippen LogP contribution is -2.34. The molecule has 0 saturated heterocycles. The molecule has 0 fully saturated rings. The number of carbonyl (C=O) groups excluding carboxylic acids is 1. The minimum Gasteiger partial charge on any atom is -0.345 e. The molecule has 0 spiro atoms. The molecule has 5 nitrogen and oxygen atoms in total. The number of rotatable bonds is 4. The topological polar surface area (TPSA) is 63.5 Å². The normalized spacial score (nSPS) is 12.1. The lowest BCUT2D eigenvalue weighted by Gasteiger charge is -2.17. The van der Waals surface area contributed by atoms with Crippen LogP contribution in [0.2, 0.25) is 0 Å². The number of amides is 1. The molecule has 1 unspecified atom stereocenters. The lowest BCUT2D eigenvalue weighted by atomic mass is 10.0. The summed E-state index contributed by atoms with van der Waals surface area (Å²) in [5, 5.41) is 2.92. The maximum Gasteiger partial charge on any atom is 0.270 e. The van der Waals surface area contributed by atoms with Crippen LogP contribution in [0, 0.1) is 0 Å². The molecule has 0 bridgehead atoms. The molecule has 2 aromatic heterocycles. The Hall–Kier alpha value is -2.47. The van der Waals surface area contributed by atoms with E-state index in [9.17, 15) is 9.59 Å². The molecule has 1 N–H and O–H groups in total. The first-order valence-electron chi connectivity index (χ1n) is 7.63. The standard InChI is InChI=1S/C18H16BrN3O2/c1-2-15(12-6-8-13(19)9-7-12)21-17(23)14-11-20-16-5-3-4-10-22(16)18(14)24/h3-11,15H,2H2,1H3,(H,21,23). The summed E-state index contributed by atoms with van der Waals surface area (Å²) in [4.78, 5) is 29.2. The molecule has 0 aliphatic rings. The highest BCUT2D eigenvalue weighted by atomic mass is 79.9. The second-order valence-electron chi connectivity index (χ2n) is 5.39. The summed E-state index contributed by atoms with van der Waals surface area (Å²) >= 11 is 3.40. The van der Waals surface area contributed by atoms with Crippen molar-refractivity contribution in [1.82, 2.24) is 14.7 Å². The maximum atomic E-state index is 12.5. The van der Waals surface area contributed by atoms with Crippen LogP contribution in [0.25, 0.3) is 5.65 Å². The van der Waals surface area contributed by atoms with E-state index in [1.807, 2.05) is 31.2 Å². The molecule has 3 aromatic rings. The van der Waals surface area contributed by atoms with Gasteiger partial charge in [0.1, 0.15) is 11.2 Å². The van der Waals surface area contributed by atoms with E-state index in [-0.39, 0.29) is 17.2 Å². The fourth-order valence-corrected chi connectivity index (χ4v) is 2.80. The minimum absolute atomic E-state index is 0.0364. The number of aromatic nitrogens is 2. The van der Waals surface area contributed by atoms with Crippen molar-refractivity contribution in [2.24, 2.45) is 0 Å². The van der Waals surface area contributed by atoms with E-state index >= 15 is 0 Å². The molecular formula is C18H16BrN3O2. The first-order chi connectivity index (χ1) is 11.6. The first kappa shape index (κ1) is 16.4. The number of fused-ring (bicyclic) bond motifs is 1. The summed E-state index contributed by atoms with van der Waals surface area (Å²) in [6.07, 6.45) is 3.66. The van der Waals surface area contributed by atoms with Gasteiger partial charge in [-0.3, -0.25) is 14.0 Å². The second kappa shape index (κ2) is 6.97. The number of pyridine rings is 1. The second-order valence-corrected chi connectivity index (χ2v) is 6.31. The van der Waals surface area contributed by atoms with E-state index in [1.54, 1.807) is 24.4 Å². The fraction of sp³-hybridized carbons (Fsp3) is 0.167. The van der Waals surface area contributed by atoms with Crippen LogP contribution in [0.1, 0.15) is 35.3 Å². The highest BCUT2D eigenvalue weighted by Crippen LogP contribution is 2.19. The molecule has 1 aromatic carbocycles. The zero-order chi connectivity index (χ0) is 17.1. The van der Waals surface area contributed by atoms with Gasteiger partial charge >= 0.3 is 0 Å². The number of halogens is 1. The quantitative estimate of drug-likeness (QED) is 0.748. The summed E-state index contributed by atoms with van der Waals surface area (Å²) in [5.74, 6) is -0.416. The van der Waals surface area contributed by atoms with Crippen molar-refractivity contribution in [1.29, 1.82) is 0 Å². The Bertz CT molecular complexity index is 935. The highest BCUT2D eigenvalue weighted by molar-refractivity contribution is 9.10. The summed E-state index contributed by atoms with van der Waals surface area (Å²) in [5.41, 5.74) is 1.17. The largest absolute Gasteiger partial charge is 0.345 e. The van der Waals surface area contributed by atoms with Crippen molar-refractivity contribution in [3.8, 4) is 0 Å². The summed E-state index contributed by atoms with van der Waals surface area (Å²) in [6, 6.07) is 12.8. The van der Waals surface area contributed by atoms with E-state index in [4.69, 9.17) is 0 Å². The third-order valence-corrected chi connectivity index (χ3v) is 4.37. The van der Waals surface area contributed by atoms with Crippen LogP contribution >= 0.6 is 15.9 Å². The number of carbonyl (C=O) groups is 1. The molecule has 3 rings (SSSR count). The van der Waals surface area contributed by atoms with Gasteiger partial charge in [-0.1, -0.05) is 41.1 Å². The fourth-order valence-electron chi connectivity index (χ4n) is 2.53. The zero-order valence-electron chi connectivity index (χ0n) is 13.1. The predicted octanol–water partition coefficient (Wildman–Crippen LogP) is 3.34. The van der Waals surface area contributed by atoms with Gasteiger partial charge in [-0.05, 0) is 36.2 Å². The molecule has 2 heterocycles. The highest BCUT2D eigenvalue weighted by Gasteiger charge is 2.18. The van der Waals surface area contributed by atoms with Gasteiger partial charge in [-0.2, -0.15) is 0 Å². The molecule has 24 heavy (non-hydrogen) atoms. The van der Waals surface area contributed by atoms with Crippen molar-refractivity contribution >= 4 is 27.5 Å². The first-order valence-corrected chi connectivity index (χ1v) is 8.42. The van der Waals surface area contributed by atoms with Crippen molar-refractivity contribution in [2.45, 2.75) is 19.4 Å². The van der Waals surface area contributed by atoms with Crippen molar-refractivity contribution in [3.05, 3.63) is 80.8 Å². The van der Waals surface area contributed by atoms with Crippen LogP contribution in [-0.4, -0.2) is 15.3 Å². The molecule has 1 atom stereocenters. The summed E-state index contributed by atoms with van der Waals surface area (Å²) in [7, 11) is 0. The van der Waals surface area contributed by atoms with Gasteiger partial charge in [-0.25, -0.2) is 4.98 Å². The molecule has 0 aliphatic carbocycles. The Kier molecular flexibility index (Phi) is 4.76. The average Bonchev–Trinajstić information content (AvgIpc) is 2.61. The van der Waals surface area contributed by atoms with Crippen LogP contribution < -0.4 is 10.9 Å². The Morgan fingerprint density at radius 2 is 2.00 bits per heavy atom. The number of nitrogens with zero attached hydrogens (tertiary/aromatic N) is 2. The van der Waals surface area contributed by atoms with Gasteiger partial charge in [0.2, 0.25) is 0 Å². The van der Waals surface area contributed by atoms with Crippen LogP contribution in [0.15, 0.2) is 64.1 Å². The van der Waals surface area contributed by atoms with Crippen molar-refractivity contribution in [3.63, 3.8) is 0 Å². The number of benzene rings is 1. The summed E-state index contributed by atoms with van der Waals surface area (Å²) < 4.78 is 2.35. The number of hydrogen-bond acceptors (Lipinski definition) is 3.